The van der Waals surface area contributed by atoms with Gasteiger partial charge in [0.05, 0.1) is 6.04 Å². The van der Waals surface area contributed by atoms with Crippen LogP contribution in [0.3, 0.4) is 0 Å². The van der Waals surface area contributed by atoms with E-state index in [2.05, 4.69) is 5.32 Å². The Morgan fingerprint density at radius 1 is 1.54 bits per heavy atom. The third-order valence-electron chi connectivity index (χ3n) is 1.85. The fourth-order valence-electron chi connectivity index (χ4n) is 0.794. The van der Waals surface area contributed by atoms with Crippen molar-refractivity contribution in [3.63, 3.8) is 0 Å². The third kappa shape index (κ3) is 4.85. The van der Waals surface area contributed by atoms with Gasteiger partial charge in [-0.1, -0.05) is 20.8 Å². The summed E-state index contributed by atoms with van der Waals surface area (Å²) in [5, 5.41) is 11.2. The van der Waals surface area contributed by atoms with Crippen LogP contribution in [0.25, 0.3) is 0 Å². The van der Waals surface area contributed by atoms with Gasteiger partial charge in [0.15, 0.2) is 0 Å². The molecule has 0 aromatic heterocycles. The van der Waals surface area contributed by atoms with Gasteiger partial charge in [0.25, 0.3) is 0 Å². The van der Waals surface area contributed by atoms with Crippen LogP contribution in [0.2, 0.25) is 0 Å². The summed E-state index contributed by atoms with van der Waals surface area (Å²) in [6, 6.07) is -0.494. The van der Waals surface area contributed by atoms with Crippen LogP contribution < -0.4 is 11.1 Å². The molecule has 4 heteroatoms. The first kappa shape index (κ1) is 12.4. The van der Waals surface area contributed by atoms with Crippen LogP contribution in [-0.4, -0.2) is 30.2 Å². The Hall–Kier alpha value is -0.610. The van der Waals surface area contributed by atoms with Gasteiger partial charge in [-0.05, 0) is 11.8 Å². The van der Waals surface area contributed by atoms with Crippen molar-refractivity contribution in [2.24, 2.45) is 11.1 Å². The van der Waals surface area contributed by atoms with E-state index < -0.39 is 6.04 Å². The molecule has 1 atom stereocenters. The number of hydrogen-bond acceptors (Lipinski definition) is 3. The van der Waals surface area contributed by atoms with Gasteiger partial charge in [-0.25, -0.2) is 0 Å². The number of carbonyl (C=O) groups excluding carboxylic acids is 1. The Morgan fingerprint density at radius 3 is 2.46 bits per heavy atom. The molecule has 0 aliphatic heterocycles. The van der Waals surface area contributed by atoms with Gasteiger partial charge in [-0.2, -0.15) is 0 Å². The summed E-state index contributed by atoms with van der Waals surface area (Å²) in [4.78, 5) is 11.3. The van der Waals surface area contributed by atoms with E-state index in [4.69, 9.17) is 10.8 Å². The first-order valence-electron chi connectivity index (χ1n) is 4.53. The maximum absolute atomic E-state index is 11.3. The SMILES string of the molecule is CC(C)(C)C(N)C(=O)NCCCO. The lowest BCUT2D eigenvalue weighted by Gasteiger charge is -2.25. The highest BCUT2D eigenvalue weighted by atomic mass is 16.3. The van der Waals surface area contributed by atoms with Gasteiger partial charge in [0.1, 0.15) is 0 Å². The van der Waals surface area contributed by atoms with Crippen molar-refractivity contribution in [1.29, 1.82) is 0 Å². The summed E-state index contributed by atoms with van der Waals surface area (Å²) in [7, 11) is 0. The third-order valence-corrected chi connectivity index (χ3v) is 1.85. The number of nitrogens with two attached hydrogens (primary N) is 1. The lowest BCUT2D eigenvalue weighted by molar-refractivity contribution is -0.124. The predicted molar refractivity (Wildman–Crippen MR) is 52.1 cm³/mol. The molecular weight excluding hydrogens is 168 g/mol. The van der Waals surface area contributed by atoms with Crippen molar-refractivity contribution in [2.45, 2.75) is 33.2 Å². The number of carbonyl (C=O) groups is 1. The lowest BCUT2D eigenvalue weighted by atomic mass is 9.87. The average Bonchev–Trinajstić information content (AvgIpc) is 2.01. The second kappa shape index (κ2) is 5.19. The molecular formula is C9H20N2O2. The van der Waals surface area contributed by atoms with Crippen molar-refractivity contribution in [2.75, 3.05) is 13.2 Å². The van der Waals surface area contributed by atoms with Gasteiger partial charge in [0.2, 0.25) is 5.91 Å². The Labute approximate surface area is 79.5 Å². The van der Waals surface area contributed by atoms with Gasteiger partial charge in [-0.15, -0.1) is 0 Å². The van der Waals surface area contributed by atoms with Crippen molar-refractivity contribution in [1.82, 2.24) is 5.32 Å². The van der Waals surface area contributed by atoms with Gasteiger partial charge >= 0.3 is 0 Å². The fraction of sp³-hybridized carbons (Fsp3) is 0.889. The molecule has 13 heavy (non-hydrogen) atoms. The number of hydrogen-bond donors (Lipinski definition) is 3. The lowest BCUT2D eigenvalue weighted by Crippen LogP contribution is -2.48. The molecule has 0 saturated carbocycles. The van der Waals surface area contributed by atoms with E-state index in [0.717, 1.165) is 0 Å². The fourth-order valence-corrected chi connectivity index (χ4v) is 0.794. The average molecular weight is 188 g/mol. The van der Waals surface area contributed by atoms with Crippen molar-refractivity contribution in [3.8, 4) is 0 Å². The van der Waals surface area contributed by atoms with Crippen molar-refractivity contribution >= 4 is 5.91 Å². The van der Waals surface area contributed by atoms with Crippen LogP contribution in [0.5, 0.6) is 0 Å². The zero-order chi connectivity index (χ0) is 10.5. The molecule has 0 spiro atoms. The minimum absolute atomic E-state index is 0.0883. The smallest absolute Gasteiger partial charge is 0.237 e. The monoisotopic (exact) mass is 188 g/mol. The normalized spacial score (nSPS) is 13.9. The predicted octanol–water partition coefficient (Wildman–Crippen LogP) is -0.142. The van der Waals surface area contributed by atoms with E-state index in [1.165, 1.54) is 0 Å². The Kier molecular flexibility index (Phi) is 4.95. The minimum atomic E-state index is -0.494. The molecule has 0 aromatic carbocycles. The van der Waals surface area contributed by atoms with Crippen LogP contribution in [0, 0.1) is 5.41 Å². The van der Waals surface area contributed by atoms with Crippen LogP contribution in [0.1, 0.15) is 27.2 Å². The highest BCUT2D eigenvalue weighted by molar-refractivity contribution is 5.82. The van der Waals surface area contributed by atoms with Crippen molar-refractivity contribution in [3.05, 3.63) is 0 Å². The van der Waals surface area contributed by atoms with Crippen molar-refractivity contribution < 1.29 is 9.90 Å². The van der Waals surface area contributed by atoms with E-state index >= 15 is 0 Å². The molecule has 4 nitrogen and oxygen atoms in total. The molecule has 1 amide bonds. The Bertz CT molecular complexity index is 163. The number of amides is 1. The quantitative estimate of drug-likeness (QED) is 0.537. The molecule has 0 aromatic rings. The molecule has 1 unspecified atom stereocenters. The summed E-state index contributed by atoms with van der Waals surface area (Å²) >= 11 is 0. The maximum atomic E-state index is 11.3. The van der Waals surface area contributed by atoms with Crippen LogP contribution in [0.4, 0.5) is 0 Å². The van der Waals surface area contributed by atoms with Crippen LogP contribution in [-0.2, 0) is 4.79 Å². The Morgan fingerprint density at radius 2 is 2.08 bits per heavy atom. The molecule has 0 radical (unpaired) electrons. The van der Waals surface area contributed by atoms with Gasteiger partial charge in [-0.3, -0.25) is 4.79 Å². The summed E-state index contributed by atoms with van der Waals surface area (Å²) in [5.74, 6) is -0.152. The van der Waals surface area contributed by atoms with E-state index in [1.807, 2.05) is 20.8 Å². The standard InChI is InChI=1S/C9H20N2O2/c1-9(2,3)7(10)8(13)11-5-4-6-12/h7,12H,4-6,10H2,1-3H3,(H,11,13). The largest absolute Gasteiger partial charge is 0.396 e. The summed E-state index contributed by atoms with van der Waals surface area (Å²) < 4.78 is 0. The highest BCUT2D eigenvalue weighted by Crippen LogP contribution is 2.16. The minimum Gasteiger partial charge on any atom is -0.396 e. The first-order valence-corrected chi connectivity index (χ1v) is 4.53. The molecule has 0 rings (SSSR count). The topological polar surface area (TPSA) is 75.4 Å². The van der Waals surface area contributed by atoms with E-state index in [0.29, 0.717) is 13.0 Å². The highest BCUT2D eigenvalue weighted by Gasteiger charge is 2.26. The van der Waals surface area contributed by atoms with E-state index in [1.54, 1.807) is 0 Å². The second-order valence-electron chi connectivity index (χ2n) is 4.21. The molecule has 0 aliphatic rings. The molecule has 78 valence electrons. The molecule has 4 N–H and O–H groups in total. The van der Waals surface area contributed by atoms with E-state index in [9.17, 15) is 4.79 Å². The van der Waals surface area contributed by atoms with Crippen LogP contribution >= 0.6 is 0 Å². The second-order valence-corrected chi connectivity index (χ2v) is 4.21. The zero-order valence-corrected chi connectivity index (χ0v) is 8.63. The Balaban J connectivity index is 3.84. The number of nitrogens with one attached hydrogen (secondary N) is 1. The first-order chi connectivity index (χ1) is 5.89. The van der Waals surface area contributed by atoms with Gasteiger partial charge < -0.3 is 16.2 Å². The summed E-state index contributed by atoms with van der Waals surface area (Å²) in [6.07, 6.45) is 0.572. The number of aliphatic hydroxyl groups excluding tert-OH is 1. The number of rotatable bonds is 4. The summed E-state index contributed by atoms with van der Waals surface area (Å²) in [5.41, 5.74) is 5.48. The van der Waals surface area contributed by atoms with Crippen LogP contribution in [0.15, 0.2) is 0 Å². The molecule has 0 aliphatic carbocycles. The zero-order valence-electron chi connectivity index (χ0n) is 8.63. The number of aliphatic hydroxyl groups is 1. The summed E-state index contributed by atoms with van der Waals surface area (Å²) in [6.45, 7) is 6.33. The molecule has 0 heterocycles. The maximum Gasteiger partial charge on any atom is 0.237 e. The molecule has 0 saturated heterocycles. The van der Waals surface area contributed by atoms with Gasteiger partial charge in [0, 0.05) is 13.2 Å². The molecule has 0 fully saturated rings. The molecule has 0 bridgehead atoms. The van der Waals surface area contributed by atoms with E-state index in [-0.39, 0.29) is 17.9 Å².